The summed E-state index contributed by atoms with van der Waals surface area (Å²) in [6.45, 7) is 6.85. The number of halogens is 2. The summed E-state index contributed by atoms with van der Waals surface area (Å²) in [5, 5.41) is 24.6. The van der Waals surface area contributed by atoms with Crippen LogP contribution < -0.4 is 9.80 Å². The number of aromatic nitrogens is 2. The van der Waals surface area contributed by atoms with Crippen LogP contribution in [0.3, 0.4) is 0 Å². The number of benzene rings is 1. The zero-order valence-electron chi connectivity index (χ0n) is 20.4. The zero-order chi connectivity index (χ0) is 25.7. The minimum Gasteiger partial charge on any atom is -0.465 e. The summed E-state index contributed by atoms with van der Waals surface area (Å²) in [7, 11) is 0. The molecule has 1 aliphatic carbocycles. The maximum absolute atomic E-state index is 13.9. The van der Waals surface area contributed by atoms with Gasteiger partial charge in [-0.15, -0.1) is 0 Å². The van der Waals surface area contributed by atoms with Gasteiger partial charge in [-0.2, -0.15) is 5.10 Å². The van der Waals surface area contributed by atoms with Crippen LogP contribution in [0.25, 0.3) is 11.1 Å². The molecule has 1 aliphatic heterocycles. The number of carbonyl (C=O) groups excluding carboxylic acids is 1. The topological polar surface area (TPSA) is 98.9 Å². The van der Waals surface area contributed by atoms with Gasteiger partial charge in [-0.25, -0.2) is 13.6 Å². The molecule has 2 aliphatic rings. The molecule has 2 aromatic rings. The van der Waals surface area contributed by atoms with Crippen molar-refractivity contribution >= 4 is 23.4 Å². The predicted molar refractivity (Wildman–Crippen MR) is 128 cm³/mol. The first-order valence-electron chi connectivity index (χ1n) is 11.9. The monoisotopic (exact) mass is 490 g/mol. The number of carbonyl (C=O) groups is 2. The zero-order valence-corrected chi connectivity index (χ0v) is 20.4. The van der Waals surface area contributed by atoms with Gasteiger partial charge in [0.25, 0.3) is 0 Å². The number of aliphatic hydroxyl groups is 1. The van der Waals surface area contributed by atoms with E-state index in [9.17, 15) is 28.6 Å². The Labute approximate surface area is 203 Å². The Balaban J connectivity index is 1.77. The Hall–Kier alpha value is -3.01. The fourth-order valence-corrected chi connectivity index (χ4v) is 5.54. The summed E-state index contributed by atoms with van der Waals surface area (Å²) in [6.07, 6.45) is 2.02. The third-order valence-electron chi connectivity index (χ3n) is 7.00. The Morgan fingerprint density at radius 3 is 2.37 bits per heavy atom. The van der Waals surface area contributed by atoms with E-state index >= 15 is 0 Å². The largest absolute Gasteiger partial charge is 0.465 e. The Morgan fingerprint density at radius 1 is 1.14 bits per heavy atom. The third-order valence-corrected chi connectivity index (χ3v) is 7.00. The van der Waals surface area contributed by atoms with E-state index in [4.69, 9.17) is 0 Å². The first-order valence-corrected chi connectivity index (χ1v) is 11.9. The molecule has 1 fully saturated rings. The van der Waals surface area contributed by atoms with E-state index in [2.05, 4.69) is 5.10 Å². The number of rotatable bonds is 4. The van der Waals surface area contributed by atoms with E-state index in [1.54, 1.807) is 60.9 Å². The molecule has 2 heterocycles. The molecule has 8 nitrogen and oxygen atoms in total. The number of anilines is 2. The van der Waals surface area contributed by atoms with Gasteiger partial charge in [0.15, 0.2) is 0 Å². The molecule has 35 heavy (non-hydrogen) atoms. The van der Waals surface area contributed by atoms with Crippen molar-refractivity contribution in [2.24, 2.45) is 5.92 Å². The van der Waals surface area contributed by atoms with Crippen LogP contribution in [0.2, 0.25) is 0 Å². The van der Waals surface area contributed by atoms with Crippen molar-refractivity contribution in [1.82, 2.24) is 9.78 Å². The molecule has 1 saturated carbocycles. The lowest BCUT2D eigenvalue weighted by atomic mass is 9.77. The molecule has 190 valence electrons. The molecular weight excluding hydrogens is 458 g/mol. The standard InChI is InChI=1S/C25H32F2N4O4/c1-15-22(17-7-9-25(26,27)10-8-17)31(23(33)34)21-11-18(5-6-20(21)30(15)16(2)32)19-12-28-29(13-19)14-24(3,4)35/h5-6,11-13,15,17,22,35H,7-10,14H2,1-4H3,(H,33,34)/t15-,22?/m0/s1. The highest BCUT2D eigenvalue weighted by Gasteiger charge is 2.48. The van der Waals surface area contributed by atoms with Crippen molar-refractivity contribution < 1.29 is 28.6 Å². The Kier molecular flexibility index (Phi) is 6.37. The minimum absolute atomic E-state index is 0.191. The van der Waals surface area contributed by atoms with Crippen LogP contribution in [-0.4, -0.2) is 55.6 Å². The fraction of sp³-hybridized carbons (Fsp3) is 0.560. The maximum atomic E-state index is 13.9. The second kappa shape index (κ2) is 8.89. The van der Waals surface area contributed by atoms with Crippen LogP contribution in [0, 0.1) is 5.92 Å². The number of hydrogen-bond acceptors (Lipinski definition) is 4. The highest BCUT2D eigenvalue weighted by Crippen LogP contribution is 2.47. The van der Waals surface area contributed by atoms with Crippen molar-refractivity contribution in [2.45, 2.75) is 83.5 Å². The molecule has 0 spiro atoms. The Bertz CT molecular complexity index is 1120. The lowest BCUT2D eigenvalue weighted by Crippen LogP contribution is -2.61. The minimum atomic E-state index is -2.74. The second-order valence-electron chi connectivity index (χ2n) is 10.4. The van der Waals surface area contributed by atoms with Crippen LogP contribution in [0.5, 0.6) is 0 Å². The van der Waals surface area contributed by atoms with E-state index in [1.165, 1.54) is 11.8 Å². The van der Waals surface area contributed by atoms with E-state index in [0.29, 0.717) is 16.9 Å². The quantitative estimate of drug-likeness (QED) is 0.644. The van der Waals surface area contributed by atoms with Crippen molar-refractivity contribution in [3.8, 4) is 11.1 Å². The van der Waals surface area contributed by atoms with Gasteiger partial charge in [-0.05, 0) is 57.2 Å². The number of fused-ring (bicyclic) bond motifs is 1. The average Bonchev–Trinajstić information content (AvgIpc) is 3.19. The van der Waals surface area contributed by atoms with Crippen molar-refractivity contribution in [3.63, 3.8) is 0 Å². The van der Waals surface area contributed by atoms with Crippen LogP contribution in [-0.2, 0) is 11.3 Å². The number of carboxylic acid groups (broad SMARTS) is 1. The van der Waals surface area contributed by atoms with Crippen LogP contribution in [0.15, 0.2) is 30.6 Å². The number of amides is 2. The molecule has 10 heteroatoms. The average molecular weight is 491 g/mol. The van der Waals surface area contributed by atoms with Crippen LogP contribution >= 0.6 is 0 Å². The van der Waals surface area contributed by atoms with Crippen LogP contribution in [0.1, 0.15) is 53.4 Å². The predicted octanol–water partition coefficient (Wildman–Crippen LogP) is 4.75. The molecule has 1 unspecified atom stereocenters. The van der Waals surface area contributed by atoms with Gasteiger partial charge in [0, 0.05) is 31.5 Å². The lowest BCUT2D eigenvalue weighted by Gasteiger charge is -2.49. The van der Waals surface area contributed by atoms with Gasteiger partial charge in [0.1, 0.15) is 0 Å². The summed E-state index contributed by atoms with van der Waals surface area (Å²) < 4.78 is 29.3. The first-order chi connectivity index (χ1) is 16.3. The summed E-state index contributed by atoms with van der Waals surface area (Å²) in [4.78, 5) is 28.1. The molecule has 1 aromatic carbocycles. The SMILES string of the molecule is CC(=O)N1c2ccc(-c3cnn(CC(C)(C)O)c3)cc2N(C(=O)O)C(C2CCC(F)(F)CC2)[C@@H]1C. The molecule has 0 bridgehead atoms. The number of hydrogen-bond donors (Lipinski definition) is 2. The molecule has 2 amide bonds. The summed E-state index contributed by atoms with van der Waals surface area (Å²) in [5.41, 5.74) is 1.29. The summed E-state index contributed by atoms with van der Waals surface area (Å²) >= 11 is 0. The van der Waals surface area contributed by atoms with Gasteiger partial charge in [-0.1, -0.05) is 6.07 Å². The van der Waals surface area contributed by atoms with Crippen molar-refractivity contribution in [2.75, 3.05) is 9.80 Å². The lowest BCUT2D eigenvalue weighted by molar-refractivity contribution is -0.117. The number of alkyl halides is 2. The molecule has 4 rings (SSSR count). The second-order valence-corrected chi connectivity index (χ2v) is 10.4. The highest BCUT2D eigenvalue weighted by molar-refractivity contribution is 6.03. The maximum Gasteiger partial charge on any atom is 0.412 e. The molecule has 2 atom stereocenters. The fourth-order valence-electron chi connectivity index (χ4n) is 5.54. The first kappa shape index (κ1) is 25.1. The molecule has 1 aromatic heterocycles. The normalized spacial score (nSPS) is 22.7. The van der Waals surface area contributed by atoms with Crippen molar-refractivity contribution in [3.05, 3.63) is 30.6 Å². The number of nitrogens with zero attached hydrogens (tertiary/aromatic N) is 4. The Morgan fingerprint density at radius 2 is 1.80 bits per heavy atom. The third kappa shape index (κ3) is 5.03. The molecule has 0 radical (unpaired) electrons. The van der Waals surface area contributed by atoms with Crippen LogP contribution in [0.4, 0.5) is 25.0 Å². The highest BCUT2D eigenvalue weighted by atomic mass is 19.3. The smallest absolute Gasteiger partial charge is 0.412 e. The summed E-state index contributed by atoms with van der Waals surface area (Å²) in [6, 6.07) is 4.08. The van der Waals surface area contributed by atoms with E-state index in [1.807, 2.05) is 0 Å². The van der Waals surface area contributed by atoms with E-state index in [-0.39, 0.29) is 44.1 Å². The van der Waals surface area contributed by atoms with Crippen molar-refractivity contribution in [1.29, 1.82) is 0 Å². The van der Waals surface area contributed by atoms with E-state index in [0.717, 1.165) is 5.56 Å². The van der Waals surface area contributed by atoms with Gasteiger partial charge in [0.05, 0.1) is 41.8 Å². The van der Waals surface area contributed by atoms with Gasteiger partial charge in [0.2, 0.25) is 11.8 Å². The van der Waals surface area contributed by atoms with Gasteiger partial charge < -0.3 is 15.1 Å². The van der Waals surface area contributed by atoms with Gasteiger partial charge in [-0.3, -0.25) is 14.4 Å². The molecule has 2 N–H and O–H groups in total. The molecule has 0 saturated heterocycles. The van der Waals surface area contributed by atoms with E-state index < -0.39 is 29.7 Å². The van der Waals surface area contributed by atoms with Gasteiger partial charge >= 0.3 is 6.09 Å². The molecular formula is C25H32F2N4O4. The summed E-state index contributed by atoms with van der Waals surface area (Å²) in [5.74, 6) is -3.27.